The summed E-state index contributed by atoms with van der Waals surface area (Å²) in [5.41, 5.74) is 8.16. The van der Waals surface area contributed by atoms with Gasteiger partial charge in [-0.1, -0.05) is 12.1 Å². The SMILES string of the molecule is Cc1cc2c(cn1)c1ccc(-c3cnc(C)c(C)c3)cc1n2C. The highest BCUT2D eigenvalue weighted by Crippen LogP contribution is 2.31. The summed E-state index contributed by atoms with van der Waals surface area (Å²) >= 11 is 0. The van der Waals surface area contributed by atoms with Gasteiger partial charge in [0.2, 0.25) is 0 Å². The van der Waals surface area contributed by atoms with Crippen LogP contribution in [0.25, 0.3) is 32.9 Å². The predicted molar refractivity (Wildman–Crippen MR) is 95.7 cm³/mol. The molecule has 0 amide bonds. The van der Waals surface area contributed by atoms with E-state index in [1.165, 1.54) is 32.9 Å². The Morgan fingerprint density at radius 3 is 2.35 bits per heavy atom. The number of hydrogen-bond acceptors (Lipinski definition) is 2. The lowest BCUT2D eigenvalue weighted by atomic mass is 10.0. The molecule has 0 aliphatic carbocycles. The molecule has 0 fully saturated rings. The minimum absolute atomic E-state index is 1.04. The van der Waals surface area contributed by atoms with Crippen molar-refractivity contribution in [1.82, 2.24) is 14.5 Å². The molecule has 3 heterocycles. The Balaban J connectivity index is 1.99. The van der Waals surface area contributed by atoms with E-state index < -0.39 is 0 Å². The normalized spacial score (nSPS) is 11.5. The van der Waals surface area contributed by atoms with Gasteiger partial charge in [0, 0.05) is 52.7 Å². The zero-order valence-electron chi connectivity index (χ0n) is 13.9. The lowest BCUT2D eigenvalue weighted by Crippen LogP contribution is -1.90. The van der Waals surface area contributed by atoms with Crippen molar-refractivity contribution in [3.8, 4) is 11.1 Å². The van der Waals surface area contributed by atoms with E-state index in [0.29, 0.717) is 0 Å². The molecular formula is C20H19N3. The zero-order chi connectivity index (χ0) is 16.1. The van der Waals surface area contributed by atoms with Crippen LogP contribution in [0.1, 0.15) is 17.0 Å². The molecule has 114 valence electrons. The molecule has 0 radical (unpaired) electrons. The first-order valence-electron chi connectivity index (χ1n) is 7.83. The van der Waals surface area contributed by atoms with Crippen LogP contribution in [0, 0.1) is 20.8 Å². The Labute approximate surface area is 135 Å². The van der Waals surface area contributed by atoms with Crippen molar-refractivity contribution in [1.29, 1.82) is 0 Å². The number of rotatable bonds is 1. The van der Waals surface area contributed by atoms with Gasteiger partial charge in [-0.15, -0.1) is 0 Å². The first-order chi connectivity index (χ1) is 11.0. The largest absolute Gasteiger partial charge is 0.343 e. The molecule has 0 aliphatic heterocycles. The van der Waals surface area contributed by atoms with Crippen LogP contribution in [0.5, 0.6) is 0 Å². The third-order valence-electron chi connectivity index (χ3n) is 4.70. The van der Waals surface area contributed by atoms with Crippen LogP contribution in [0.3, 0.4) is 0 Å². The summed E-state index contributed by atoms with van der Waals surface area (Å²) in [4.78, 5) is 8.94. The summed E-state index contributed by atoms with van der Waals surface area (Å²) < 4.78 is 2.25. The van der Waals surface area contributed by atoms with Gasteiger partial charge < -0.3 is 4.57 Å². The fourth-order valence-electron chi connectivity index (χ4n) is 3.18. The second kappa shape index (κ2) is 4.92. The van der Waals surface area contributed by atoms with E-state index in [0.717, 1.165) is 17.0 Å². The third-order valence-corrected chi connectivity index (χ3v) is 4.70. The van der Waals surface area contributed by atoms with E-state index in [1.54, 1.807) is 0 Å². The maximum atomic E-state index is 4.50. The van der Waals surface area contributed by atoms with E-state index in [9.17, 15) is 0 Å². The monoisotopic (exact) mass is 301 g/mol. The molecule has 3 aromatic heterocycles. The Kier molecular flexibility index (Phi) is 2.98. The van der Waals surface area contributed by atoms with Crippen molar-refractivity contribution in [2.75, 3.05) is 0 Å². The molecule has 4 rings (SSSR count). The van der Waals surface area contributed by atoms with E-state index in [4.69, 9.17) is 0 Å². The quantitative estimate of drug-likeness (QED) is 0.509. The number of fused-ring (bicyclic) bond motifs is 3. The molecule has 0 saturated heterocycles. The predicted octanol–water partition coefficient (Wildman–Crippen LogP) is 4.71. The molecule has 0 spiro atoms. The van der Waals surface area contributed by atoms with Gasteiger partial charge in [-0.25, -0.2) is 0 Å². The van der Waals surface area contributed by atoms with Gasteiger partial charge in [-0.2, -0.15) is 0 Å². The molecule has 4 aromatic rings. The minimum atomic E-state index is 1.04. The summed E-state index contributed by atoms with van der Waals surface area (Å²) in [5.74, 6) is 0. The highest BCUT2D eigenvalue weighted by molar-refractivity contribution is 6.08. The van der Waals surface area contributed by atoms with E-state index >= 15 is 0 Å². The molecule has 3 heteroatoms. The van der Waals surface area contributed by atoms with Gasteiger partial charge in [-0.05, 0) is 50.1 Å². The summed E-state index contributed by atoms with van der Waals surface area (Å²) in [6.45, 7) is 6.18. The molecule has 0 atom stereocenters. The number of benzene rings is 1. The number of pyridine rings is 2. The first kappa shape index (κ1) is 13.9. The molecule has 0 aliphatic rings. The second-order valence-electron chi connectivity index (χ2n) is 6.26. The molecule has 23 heavy (non-hydrogen) atoms. The van der Waals surface area contributed by atoms with Crippen molar-refractivity contribution in [3.05, 3.63) is 59.7 Å². The molecular weight excluding hydrogens is 282 g/mol. The minimum Gasteiger partial charge on any atom is -0.343 e. The molecule has 0 unspecified atom stereocenters. The van der Waals surface area contributed by atoms with Gasteiger partial charge in [0.25, 0.3) is 0 Å². The molecule has 3 nitrogen and oxygen atoms in total. The standard InChI is InChI=1S/C20H19N3/c1-12-7-16(10-22-14(12)3)15-5-6-17-18-11-21-13(2)8-19(18)23(4)20(17)9-15/h5-11H,1-4H3. The highest BCUT2D eigenvalue weighted by Gasteiger charge is 2.10. The van der Waals surface area contributed by atoms with Crippen LogP contribution in [-0.2, 0) is 7.05 Å². The van der Waals surface area contributed by atoms with Crippen molar-refractivity contribution in [2.45, 2.75) is 20.8 Å². The fourth-order valence-corrected chi connectivity index (χ4v) is 3.18. The number of nitrogens with zero attached hydrogens (tertiary/aromatic N) is 3. The average Bonchev–Trinajstić information content (AvgIpc) is 2.82. The summed E-state index contributed by atoms with van der Waals surface area (Å²) in [6.07, 6.45) is 3.93. The number of aromatic nitrogens is 3. The third kappa shape index (κ3) is 2.12. The van der Waals surface area contributed by atoms with Crippen molar-refractivity contribution in [2.24, 2.45) is 7.05 Å². The Bertz CT molecular complexity index is 1060. The average molecular weight is 301 g/mol. The van der Waals surface area contributed by atoms with Crippen LogP contribution in [0.15, 0.2) is 42.7 Å². The van der Waals surface area contributed by atoms with Crippen molar-refractivity contribution >= 4 is 21.8 Å². The Hall–Kier alpha value is -2.68. The van der Waals surface area contributed by atoms with Crippen molar-refractivity contribution < 1.29 is 0 Å². The smallest absolute Gasteiger partial charge is 0.0522 e. The summed E-state index contributed by atoms with van der Waals surface area (Å²) in [7, 11) is 2.12. The van der Waals surface area contributed by atoms with Gasteiger partial charge >= 0.3 is 0 Å². The van der Waals surface area contributed by atoms with Gasteiger partial charge in [0.1, 0.15) is 0 Å². The van der Waals surface area contributed by atoms with E-state index in [2.05, 4.69) is 58.8 Å². The lowest BCUT2D eigenvalue weighted by molar-refractivity contribution is 1.01. The van der Waals surface area contributed by atoms with Crippen LogP contribution in [0.4, 0.5) is 0 Å². The first-order valence-corrected chi connectivity index (χ1v) is 7.83. The zero-order valence-corrected chi connectivity index (χ0v) is 13.9. The maximum Gasteiger partial charge on any atom is 0.0522 e. The van der Waals surface area contributed by atoms with E-state index in [-0.39, 0.29) is 0 Å². The molecule has 0 N–H and O–H groups in total. The fraction of sp³-hybridized carbons (Fsp3) is 0.200. The van der Waals surface area contributed by atoms with Crippen LogP contribution in [-0.4, -0.2) is 14.5 Å². The molecule has 1 aromatic carbocycles. The Morgan fingerprint density at radius 2 is 1.57 bits per heavy atom. The van der Waals surface area contributed by atoms with Crippen LogP contribution >= 0.6 is 0 Å². The number of hydrogen-bond donors (Lipinski definition) is 0. The van der Waals surface area contributed by atoms with Crippen LogP contribution in [0.2, 0.25) is 0 Å². The number of aryl methyl sites for hydroxylation is 4. The topological polar surface area (TPSA) is 30.7 Å². The van der Waals surface area contributed by atoms with Crippen molar-refractivity contribution in [3.63, 3.8) is 0 Å². The lowest BCUT2D eigenvalue weighted by Gasteiger charge is -2.06. The van der Waals surface area contributed by atoms with Gasteiger partial charge in [-0.3, -0.25) is 9.97 Å². The van der Waals surface area contributed by atoms with E-state index in [1.807, 2.05) is 26.2 Å². The van der Waals surface area contributed by atoms with Gasteiger partial charge in [0.15, 0.2) is 0 Å². The molecule has 0 saturated carbocycles. The Morgan fingerprint density at radius 1 is 0.783 bits per heavy atom. The summed E-state index contributed by atoms with van der Waals surface area (Å²) in [5, 5.41) is 2.45. The summed E-state index contributed by atoms with van der Waals surface area (Å²) in [6, 6.07) is 11.0. The van der Waals surface area contributed by atoms with Gasteiger partial charge in [0.05, 0.1) is 5.52 Å². The molecule has 0 bridgehead atoms. The maximum absolute atomic E-state index is 4.50. The highest BCUT2D eigenvalue weighted by atomic mass is 14.9. The van der Waals surface area contributed by atoms with Crippen LogP contribution < -0.4 is 0 Å². The second-order valence-corrected chi connectivity index (χ2v) is 6.26.